The molecule has 0 radical (unpaired) electrons. The van der Waals surface area contributed by atoms with Crippen LogP contribution in [0, 0.1) is 18.3 Å². The van der Waals surface area contributed by atoms with E-state index in [-0.39, 0.29) is 11.8 Å². The van der Waals surface area contributed by atoms with Gasteiger partial charge in [-0.15, -0.1) is 11.6 Å². The van der Waals surface area contributed by atoms with Gasteiger partial charge in [-0.05, 0) is 49.5 Å². The number of hydrogen-bond acceptors (Lipinski definition) is 3. The van der Waals surface area contributed by atoms with Crippen LogP contribution in [0.4, 0.5) is 0 Å². The van der Waals surface area contributed by atoms with E-state index in [1.54, 1.807) is 0 Å². The predicted molar refractivity (Wildman–Crippen MR) is 89.3 cm³/mol. The van der Waals surface area contributed by atoms with Crippen LogP contribution in [0.25, 0.3) is 0 Å². The summed E-state index contributed by atoms with van der Waals surface area (Å²) >= 11 is 5.82. The Labute approximate surface area is 142 Å². The fourth-order valence-electron chi connectivity index (χ4n) is 4.14. The van der Waals surface area contributed by atoms with Gasteiger partial charge in [-0.3, -0.25) is 9.48 Å². The summed E-state index contributed by atoms with van der Waals surface area (Å²) < 4.78 is 7.33. The molecular weight excluding hydrogens is 314 g/mol. The zero-order valence-corrected chi connectivity index (χ0v) is 14.8. The first-order valence-corrected chi connectivity index (χ1v) is 8.95. The first-order chi connectivity index (χ1) is 11.0. The number of aryl methyl sites for hydroxylation is 2. The third-order valence-corrected chi connectivity index (χ3v) is 5.78. The molecule has 1 aromatic heterocycles. The first kappa shape index (κ1) is 16.8. The smallest absolute Gasteiger partial charge is 0.237 e. The highest BCUT2D eigenvalue weighted by Gasteiger charge is 2.45. The SMILES string of the molecule is Cc1cnn(C)c1CN(CC1CC2(CCOCC2)C1)C(=O)CCl. The number of amides is 1. The maximum atomic E-state index is 12.2. The third kappa shape index (κ3) is 3.56. The van der Waals surface area contributed by atoms with Crippen molar-refractivity contribution in [1.82, 2.24) is 14.7 Å². The van der Waals surface area contributed by atoms with Gasteiger partial charge in [0.05, 0.1) is 18.4 Å². The number of ether oxygens (including phenoxy) is 1. The van der Waals surface area contributed by atoms with E-state index in [0.717, 1.165) is 31.0 Å². The van der Waals surface area contributed by atoms with E-state index in [1.165, 1.54) is 25.7 Å². The molecule has 128 valence electrons. The van der Waals surface area contributed by atoms with Crippen molar-refractivity contribution < 1.29 is 9.53 Å². The number of aromatic nitrogens is 2. The maximum absolute atomic E-state index is 12.2. The molecule has 0 N–H and O–H groups in total. The molecule has 1 aliphatic heterocycles. The highest BCUT2D eigenvalue weighted by atomic mass is 35.5. The molecule has 2 aliphatic rings. The number of halogens is 1. The van der Waals surface area contributed by atoms with Crippen molar-refractivity contribution in [2.45, 2.75) is 39.2 Å². The minimum Gasteiger partial charge on any atom is -0.381 e. The van der Waals surface area contributed by atoms with Gasteiger partial charge in [-0.2, -0.15) is 5.10 Å². The number of carbonyl (C=O) groups is 1. The van der Waals surface area contributed by atoms with Crippen LogP contribution in [0.1, 0.15) is 36.9 Å². The van der Waals surface area contributed by atoms with Gasteiger partial charge in [0.2, 0.25) is 5.91 Å². The van der Waals surface area contributed by atoms with Gasteiger partial charge < -0.3 is 9.64 Å². The van der Waals surface area contributed by atoms with Crippen molar-refractivity contribution in [2.24, 2.45) is 18.4 Å². The second-order valence-electron chi connectivity index (χ2n) is 7.19. The Morgan fingerprint density at radius 3 is 2.74 bits per heavy atom. The van der Waals surface area contributed by atoms with Crippen LogP contribution < -0.4 is 0 Å². The normalized spacial score (nSPS) is 20.5. The monoisotopic (exact) mass is 339 g/mol. The molecule has 1 spiro atoms. The van der Waals surface area contributed by atoms with Crippen LogP contribution in [-0.4, -0.2) is 46.2 Å². The van der Waals surface area contributed by atoms with E-state index in [1.807, 2.05) is 29.7 Å². The van der Waals surface area contributed by atoms with Crippen molar-refractivity contribution in [3.05, 3.63) is 17.5 Å². The summed E-state index contributed by atoms with van der Waals surface area (Å²) in [5.74, 6) is 0.650. The summed E-state index contributed by atoms with van der Waals surface area (Å²) in [4.78, 5) is 14.2. The van der Waals surface area contributed by atoms with Crippen molar-refractivity contribution >= 4 is 17.5 Å². The molecule has 0 aromatic carbocycles. The lowest BCUT2D eigenvalue weighted by molar-refractivity contribution is -0.132. The van der Waals surface area contributed by atoms with Crippen LogP contribution in [0.2, 0.25) is 0 Å². The quantitative estimate of drug-likeness (QED) is 0.774. The van der Waals surface area contributed by atoms with Gasteiger partial charge in [0.25, 0.3) is 0 Å². The molecule has 5 nitrogen and oxygen atoms in total. The third-order valence-electron chi connectivity index (χ3n) is 5.55. The second-order valence-corrected chi connectivity index (χ2v) is 7.46. The van der Waals surface area contributed by atoms with Gasteiger partial charge in [-0.1, -0.05) is 0 Å². The lowest BCUT2D eigenvalue weighted by Crippen LogP contribution is -2.47. The molecule has 0 unspecified atom stereocenters. The van der Waals surface area contributed by atoms with Crippen LogP contribution in [0.15, 0.2) is 6.20 Å². The van der Waals surface area contributed by atoms with E-state index in [9.17, 15) is 4.79 Å². The van der Waals surface area contributed by atoms with Crippen molar-refractivity contribution in [3.8, 4) is 0 Å². The molecule has 1 saturated heterocycles. The Bertz CT molecular complexity index is 539. The first-order valence-electron chi connectivity index (χ1n) is 8.42. The topological polar surface area (TPSA) is 47.4 Å². The van der Waals surface area contributed by atoms with Crippen LogP contribution in [0.5, 0.6) is 0 Å². The molecule has 23 heavy (non-hydrogen) atoms. The highest BCUT2D eigenvalue weighted by Crippen LogP contribution is 2.52. The Hall–Kier alpha value is -1.07. The average molecular weight is 340 g/mol. The molecular formula is C17H26ClN3O2. The van der Waals surface area contributed by atoms with Crippen LogP contribution in [-0.2, 0) is 23.1 Å². The fourth-order valence-corrected chi connectivity index (χ4v) is 4.31. The molecule has 1 aliphatic carbocycles. The molecule has 0 bridgehead atoms. The van der Waals surface area contributed by atoms with Crippen LogP contribution >= 0.6 is 11.6 Å². The van der Waals surface area contributed by atoms with E-state index < -0.39 is 0 Å². The van der Waals surface area contributed by atoms with E-state index >= 15 is 0 Å². The number of hydrogen-bond donors (Lipinski definition) is 0. The lowest BCUT2D eigenvalue weighted by atomic mass is 9.58. The second kappa shape index (κ2) is 6.81. The molecule has 2 heterocycles. The molecule has 1 aromatic rings. The van der Waals surface area contributed by atoms with Crippen molar-refractivity contribution in [2.75, 3.05) is 25.6 Å². The van der Waals surface area contributed by atoms with Gasteiger partial charge in [0, 0.05) is 26.8 Å². The summed E-state index contributed by atoms with van der Waals surface area (Å²) in [5, 5.41) is 4.27. The average Bonchev–Trinajstić information content (AvgIpc) is 2.84. The Morgan fingerprint density at radius 2 is 2.17 bits per heavy atom. The number of rotatable bonds is 5. The highest BCUT2D eigenvalue weighted by molar-refractivity contribution is 6.27. The molecule has 2 fully saturated rings. The van der Waals surface area contributed by atoms with Gasteiger partial charge in [0.1, 0.15) is 5.88 Å². The summed E-state index contributed by atoms with van der Waals surface area (Å²) in [6, 6.07) is 0. The van der Waals surface area contributed by atoms with E-state index in [2.05, 4.69) is 5.10 Å². The van der Waals surface area contributed by atoms with E-state index in [0.29, 0.717) is 17.9 Å². The minimum atomic E-state index is 0.0141. The lowest BCUT2D eigenvalue weighted by Gasteiger charge is -2.51. The van der Waals surface area contributed by atoms with Crippen molar-refractivity contribution in [1.29, 1.82) is 0 Å². The van der Waals surface area contributed by atoms with Crippen LogP contribution in [0.3, 0.4) is 0 Å². The largest absolute Gasteiger partial charge is 0.381 e. The minimum absolute atomic E-state index is 0.0141. The predicted octanol–water partition coefficient (Wildman–Crippen LogP) is 2.50. The summed E-state index contributed by atoms with van der Waals surface area (Å²) in [7, 11) is 1.92. The van der Waals surface area contributed by atoms with Gasteiger partial charge in [0.15, 0.2) is 0 Å². The molecule has 0 atom stereocenters. The van der Waals surface area contributed by atoms with Gasteiger partial charge in [-0.25, -0.2) is 0 Å². The summed E-state index contributed by atoms with van der Waals surface area (Å²) in [6.45, 7) is 5.22. The molecule has 1 saturated carbocycles. The van der Waals surface area contributed by atoms with Crippen molar-refractivity contribution in [3.63, 3.8) is 0 Å². The maximum Gasteiger partial charge on any atom is 0.237 e. The Kier molecular flexibility index (Phi) is 4.97. The Balaban J connectivity index is 1.61. The number of carbonyl (C=O) groups excluding carboxylic acids is 1. The summed E-state index contributed by atoms with van der Waals surface area (Å²) in [5.41, 5.74) is 2.69. The fraction of sp³-hybridized carbons (Fsp3) is 0.765. The standard InChI is InChI=1S/C17H26ClN3O2/c1-13-10-19-20(2)15(13)12-21(16(22)9-18)11-14-7-17(8-14)3-5-23-6-4-17/h10,14H,3-9,11-12H2,1-2H3. The number of nitrogens with zero attached hydrogens (tertiary/aromatic N) is 3. The van der Waals surface area contributed by atoms with Gasteiger partial charge >= 0.3 is 0 Å². The summed E-state index contributed by atoms with van der Waals surface area (Å²) in [6.07, 6.45) is 6.63. The number of alkyl halides is 1. The zero-order chi connectivity index (χ0) is 16.4. The molecule has 3 rings (SSSR count). The molecule has 6 heteroatoms. The zero-order valence-electron chi connectivity index (χ0n) is 14.1. The molecule has 1 amide bonds. The Morgan fingerprint density at radius 1 is 1.48 bits per heavy atom. The van der Waals surface area contributed by atoms with E-state index in [4.69, 9.17) is 16.3 Å².